The number of hydrogen-bond donors (Lipinski definition) is 1. The monoisotopic (exact) mass is 308 g/mol. The minimum absolute atomic E-state index is 0.162. The maximum Gasteiger partial charge on any atom is 0.256 e. The van der Waals surface area contributed by atoms with Crippen LogP contribution in [0.4, 0.5) is 5.69 Å². The molecule has 22 heavy (non-hydrogen) atoms. The summed E-state index contributed by atoms with van der Waals surface area (Å²) in [5.41, 5.74) is -0.204. The Morgan fingerprint density at radius 1 is 1.41 bits per heavy atom. The third-order valence-electron chi connectivity index (χ3n) is 3.47. The summed E-state index contributed by atoms with van der Waals surface area (Å²) in [6.45, 7) is 8.70. The zero-order valence-corrected chi connectivity index (χ0v) is 14.3. The Labute approximate surface area is 133 Å². The second-order valence-electron chi connectivity index (χ2n) is 6.07. The van der Waals surface area contributed by atoms with E-state index in [1.54, 1.807) is 32.4 Å². The van der Waals surface area contributed by atoms with Crippen molar-refractivity contribution >= 4 is 11.6 Å². The zero-order chi connectivity index (χ0) is 16.6. The SMILES string of the molecule is CCCCOc1ccc(NC(=O)[C@](C)(CC(C)C)OC)cn1. The van der Waals surface area contributed by atoms with E-state index in [9.17, 15) is 4.79 Å². The number of nitrogens with zero attached hydrogens (tertiary/aromatic N) is 1. The van der Waals surface area contributed by atoms with Crippen molar-refractivity contribution < 1.29 is 14.3 Å². The normalized spacial score (nSPS) is 13.7. The van der Waals surface area contributed by atoms with Crippen LogP contribution in [-0.2, 0) is 9.53 Å². The molecule has 5 nitrogen and oxygen atoms in total. The van der Waals surface area contributed by atoms with Gasteiger partial charge in [-0.2, -0.15) is 0 Å². The van der Waals surface area contributed by atoms with E-state index < -0.39 is 5.60 Å². The van der Waals surface area contributed by atoms with E-state index in [0.29, 0.717) is 30.5 Å². The quantitative estimate of drug-likeness (QED) is 0.707. The summed E-state index contributed by atoms with van der Waals surface area (Å²) in [5, 5.41) is 2.85. The molecule has 1 aromatic heterocycles. The van der Waals surface area contributed by atoms with Crippen molar-refractivity contribution in [3.8, 4) is 5.88 Å². The Morgan fingerprint density at radius 3 is 2.64 bits per heavy atom. The van der Waals surface area contributed by atoms with Crippen molar-refractivity contribution in [3.05, 3.63) is 18.3 Å². The first kappa shape index (κ1) is 18.4. The molecule has 0 aliphatic carbocycles. The van der Waals surface area contributed by atoms with Crippen LogP contribution in [0.25, 0.3) is 0 Å². The third kappa shape index (κ3) is 5.64. The highest BCUT2D eigenvalue weighted by Gasteiger charge is 2.33. The van der Waals surface area contributed by atoms with Crippen LogP contribution < -0.4 is 10.1 Å². The predicted octanol–water partition coefficient (Wildman–Crippen LogP) is 3.65. The average molecular weight is 308 g/mol. The molecule has 1 heterocycles. The van der Waals surface area contributed by atoms with Gasteiger partial charge in [0.05, 0.1) is 18.5 Å². The van der Waals surface area contributed by atoms with Gasteiger partial charge in [-0.1, -0.05) is 27.2 Å². The molecule has 0 aromatic carbocycles. The Hall–Kier alpha value is -1.62. The lowest BCUT2D eigenvalue weighted by molar-refractivity contribution is -0.137. The van der Waals surface area contributed by atoms with Crippen molar-refractivity contribution in [2.45, 2.75) is 52.6 Å². The average Bonchev–Trinajstić information content (AvgIpc) is 2.48. The third-order valence-corrected chi connectivity index (χ3v) is 3.47. The molecule has 0 aliphatic rings. The van der Waals surface area contributed by atoms with Gasteiger partial charge in [0.2, 0.25) is 5.88 Å². The van der Waals surface area contributed by atoms with E-state index in [1.165, 1.54) is 0 Å². The second kappa shape index (κ2) is 8.73. The Balaban J connectivity index is 2.63. The van der Waals surface area contributed by atoms with Crippen molar-refractivity contribution in [1.82, 2.24) is 4.98 Å². The number of anilines is 1. The standard InChI is InChI=1S/C17H28N2O3/c1-6-7-10-22-15-9-8-14(12-18-15)19-16(20)17(4,21-5)11-13(2)3/h8-9,12-13H,6-7,10-11H2,1-5H3,(H,19,20)/t17-/m0/s1. The largest absolute Gasteiger partial charge is 0.478 e. The molecule has 0 aliphatic heterocycles. The topological polar surface area (TPSA) is 60.5 Å². The number of ether oxygens (including phenoxy) is 2. The molecule has 0 spiro atoms. The minimum Gasteiger partial charge on any atom is -0.478 e. The number of amides is 1. The molecule has 0 unspecified atom stereocenters. The molecule has 0 bridgehead atoms. The fraction of sp³-hybridized carbons (Fsp3) is 0.647. The molecule has 1 aromatic rings. The molecule has 5 heteroatoms. The summed E-state index contributed by atoms with van der Waals surface area (Å²) in [6, 6.07) is 3.55. The summed E-state index contributed by atoms with van der Waals surface area (Å²) in [4.78, 5) is 16.6. The maximum atomic E-state index is 12.4. The van der Waals surface area contributed by atoms with Crippen LogP contribution in [0.5, 0.6) is 5.88 Å². The van der Waals surface area contributed by atoms with Gasteiger partial charge in [-0.3, -0.25) is 4.79 Å². The van der Waals surface area contributed by atoms with Gasteiger partial charge >= 0.3 is 0 Å². The lowest BCUT2D eigenvalue weighted by Gasteiger charge is -2.28. The molecule has 1 N–H and O–H groups in total. The number of hydrogen-bond acceptors (Lipinski definition) is 4. The fourth-order valence-corrected chi connectivity index (χ4v) is 2.17. The van der Waals surface area contributed by atoms with Gasteiger partial charge in [0.1, 0.15) is 5.60 Å². The molecular weight excluding hydrogens is 280 g/mol. The summed E-state index contributed by atoms with van der Waals surface area (Å²) >= 11 is 0. The number of nitrogens with one attached hydrogen (secondary N) is 1. The zero-order valence-electron chi connectivity index (χ0n) is 14.3. The molecule has 124 valence electrons. The molecule has 0 saturated heterocycles. The summed E-state index contributed by atoms with van der Waals surface area (Å²) in [5.74, 6) is 0.774. The number of aromatic nitrogens is 1. The lowest BCUT2D eigenvalue weighted by Crippen LogP contribution is -2.43. The highest BCUT2D eigenvalue weighted by molar-refractivity contribution is 5.96. The Bertz CT molecular complexity index is 459. The van der Waals surface area contributed by atoms with Gasteiger partial charge in [-0.25, -0.2) is 4.98 Å². The molecule has 0 radical (unpaired) electrons. The maximum absolute atomic E-state index is 12.4. The van der Waals surface area contributed by atoms with Gasteiger partial charge in [-0.15, -0.1) is 0 Å². The summed E-state index contributed by atoms with van der Waals surface area (Å²) < 4.78 is 10.9. The number of carbonyl (C=O) groups is 1. The molecule has 1 amide bonds. The molecular formula is C17H28N2O3. The van der Waals surface area contributed by atoms with Crippen molar-refractivity contribution in [2.24, 2.45) is 5.92 Å². The smallest absolute Gasteiger partial charge is 0.256 e. The van der Waals surface area contributed by atoms with Gasteiger partial charge in [0.15, 0.2) is 0 Å². The van der Waals surface area contributed by atoms with E-state index in [4.69, 9.17) is 9.47 Å². The van der Waals surface area contributed by atoms with Gasteiger partial charge in [0, 0.05) is 13.2 Å². The van der Waals surface area contributed by atoms with Crippen LogP contribution in [0.15, 0.2) is 18.3 Å². The minimum atomic E-state index is -0.843. The predicted molar refractivity (Wildman–Crippen MR) is 88.1 cm³/mol. The number of methoxy groups -OCH3 is 1. The fourth-order valence-electron chi connectivity index (χ4n) is 2.17. The Morgan fingerprint density at radius 2 is 2.14 bits per heavy atom. The number of rotatable bonds is 9. The molecule has 0 saturated carbocycles. The summed E-state index contributed by atoms with van der Waals surface area (Å²) in [6.07, 6.45) is 4.34. The van der Waals surface area contributed by atoms with E-state index in [1.807, 2.05) is 0 Å². The highest BCUT2D eigenvalue weighted by Crippen LogP contribution is 2.22. The molecule has 1 atom stereocenters. The van der Waals surface area contributed by atoms with Crippen molar-refractivity contribution in [3.63, 3.8) is 0 Å². The van der Waals surface area contributed by atoms with Crippen LogP contribution in [0, 0.1) is 5.92 Å². The highest BCUT2D eigenvalue weighted by atomic mass is 16.5. The van der Waals surface area contributed by atoms with Crippen LogP contribution in [0.1, 0.15) is 47.0 Å². The second-order valence-corrected chi connectivity index (χ2v) is 6.07. The number of unbranched alkanes of at least 4 members (excludes halogenated alkanes) is 1. The molecule has 0 fully saturated rings. The molecule has 1 rings (SSSR count). The van der Waals surface area contributed by atoms with Gasteiger partial charge in [-0.05, 0) is 31.7 Å². The van der Waals surface area contributed by atoms with Gasteiger partial charge in [0.25, 0.3) is 5.91 Å². The van der Waals surface area contributed by atoms with E-state index in [-0.39, 0.29) is 5.91 Å². The van der Waals surface area contributed by atoms with E-state index in [2.05, 4.69) is 31.1 Å². The van der Waals surface area contributed by atoms with E-state index >= 15 is 0 Å². The van der Waals surface area contributed by atoms with Crippen LogP contribution in [-0.4, -0.2) is 30.2 Å². The van der Waals surface area contributed by atoms with Crippen molar-refractivity contribution in [1.29, 1.82) is 0 Å². The van der Waals surface area contributed by atoms with Crippen LogP contribution >= 0.6 is 0 Å². The van der Waals surface area contributed by atoms with E-state index in [0.717, 1.165) is 12.8 Å². The first-order chi connectivity index (χ1) is 10.4. The lowest BCUT2D eigenvalue weighted by atomic mass is 9.93. The van der Waals surface area contributed by atoms with Crippen molar-refractivity contribution in [2.75, 3.05) is 19.0 Å². The Kier molecular flexibility index (Phi) is 7.32. The van der Waals surface area contributed by atoms with Crippen LogP contribution in [0.3, 0.4) is 0 Å². The summed E-state index contributed by atoms with van der Waals surface area (Å²) in [7, 11) is 1.56. The first-order valence-corrected chi connectivity index (χ1v) is 7.86. The number of carbonyl (C=O) groups excluding carboxylic acids is 1. The van der Waals surface area contributed by atoms with Gasteiger partial charge < -0.3 is 14.8 Å². The number of pyridine rings is 1. The van der Waals surface area contributed by atoms with Crippen LogP contribution in [0.2, 0.25) is 0 Å². The first-order valence-electron chi connectivity index (χ1n) is 7.86.